The highest BCUT2D eigenvalue weighted by Gasteiger charge is 2.19. The van der Waals surface area contributed by atoms with E-state index in [4.69, 9.17) is 5.11 Å². The maximum atomic E-state index is 13.8. The molecule has 0 radical (unpaired) electrons. The molecule has 17 heavy (non-hydrogen) atoms. The van der Waals surface area contributed by atoms with Crippen molar-refractivity contribution in [2.45, 2.75) is 19.8 Å². The van der Waals surface area contributed by atoms with E-state index in [0.29, 0.717) is 11.6 Å². The lowest BCUT2D eigenvalue weighted by Crippen LogP contribution is -2.34. The first-order valence-corrected chi connectivity index (χ1v) is 5.85. The minimum Gasteiger partial charge on any atom is -0.478 e. The summed E-state index contributed by atoms with van der Waals surface area (Å²) in [6, 6.07) is 4.12. The minimum absolute atomic E-state index is 0.00342. The van der Waals surface area contributed by atoms with Gasteiger partial charge in [-0.2, -0.15) is 0 Å². The number of piperidine rings is 1. The quantitative estimate of drug-likeness (QED) is 0.859. The Bertz CT molecular complexity index is 433. The van der Waals surface area contributed by atoms with Crippen LogP contribution in [0.2, 0.25) is 0 Å². The van der Waals surface area contributed by atoms with Crippen LogP contribution in [0.4, 0.5) is 10.1 Å². The zero-order valence-electron chi connectivity index (χ0n) is 9.82. The van der Waals surface area contributed by atoms with Crippen molar-refractivity contribution in [1.82, 2.24) is 0 Å². The molecule has 1 fully saturated rings. The fourth-order valence-corrected chi connectivity index (χ4v) is 2.30. The first kappa shape index (κ1) is 11.9. The van der Waals surface area contributed by atoms with Gasteiger partial charge in [0.25, 0.3) is 0 Å². The molecule has 0 aromatic heterocycles. The summed E-state index contributed by atoms with van der Waals surface area (Å²) in [6.07, 6.45) is 2.23. The van der Waals surface area contributed by atoms with Crippen molar-refractivity contribution in [2.24, 2.45) is 5.92 Å². The van der Waals surface area contributed by atoms with Gasteiger partial charge in [0, 0.05) is 13.1 Å². The van der Waals surface area contributed by atoms with E-state index in [0.717, 1.165) is 25.6 Å². The average molecular weight is 237 g/mol. The summed E-state index contributed by atoms with van der Waals surface area (Å²) in [5.41, 5.74) is 0.512. The van der Waals surface area contributed by atoms with Crippen LogP contribution in [0.3, 0.4) is 0 Å². The number of halogens is 1. The predicted molar refractivity (Wildman–Crippen MR) is 64.0 cm³/mol. The highest BCUT2D eigenvalue weighted by molar-refractivity contribution is 5.88. The number of carbonyl (C=O) groups is 1. The molecule has 1 N–H and O–H groups in total. The molecular weight excluding hydrogens is 221 g/mol. The van der Waals surface area contributed by atoms with Gasteiger partial charge in [0.15, 0.2) is 0 Å². The van der Waals surface area contributed by atoms with Crippen LogP contribution in [0.25, 0.3) is 0 Å². The molecule has 3 nitrogen and oxygen atoms in total. The maximum absolute atomic E-state index is 13.8. The van der Waals surface area contributed by atoms with Crippen molar-refractivity contribution in [3.8, 4) is 0 Å². The summed E-state index contributed by atoms with van der Waals surface area (Å²) in [6.45, 7) is 3.83. The molecule has 1 aromatic rings. The lowest BCUT2D eigenvalue weighted by molar-refractivity contribution is 0.0696. The van der Waals surface area contributed by atoms with Gasteiger partial charge in [0.1, 0.15) is 5.82 Å². The smallest absolute Gasteiger partial charge is 0.335 e. The molecule has 1 heterocycles. The molecule has 1 atom stereocenters. The molecule has 2 rings (SSSR count). The Labute approximate surface area is 99.9 Å². The molecule has 0 saturated carbocycles. The van der Waals surface area contributed by atoms with E-state index in [-0.39, 0.29) is 5.56 Å². The van der Waals surface area contributed by atoms with Crippen LogP contribution in [0.1, 0.15) is 30.1 Å². The van der Waals surface area contributed by atoms with Crippen LogP contribution < -0.4 is 4.90 Å². The zero-order chi connectivity index (χ0) is 12.4. The van der Waals surface area contributed by atoms with Crippen molar-refractivity contribution >= 4 is 11.7 Å². The topological polar surface area (TPSA) is 40.5 Å². The molecular formula is C13H16FNO2. The van der Waals surface area contributed by atoms with Crippen molar-refractivity contribution in [3.05, 3.63) is 29.6 Å². The number of hydrogen-bond acceptors (Lipinski definition) is 2. The van der Waals surface area contributed by atoms with E-state index >= 15 is 0 Å². The van der Waals surface area contributed by atoms with Gasteiger partial charge >= 0.3 is 5.97 Å². The molecule has 1 aliphatic heterocycles. The third kappa shape index (κ3) is 2.57. The van der Waals surface area contributed by atoms with E-state index in [1.165, 1.54) is 12.5 Å². The van der Waals surface area contributed by atoms with E-state index in [1.54, 1.807) is 6.07 Å². The third-order valence-electron chi connectivity index (χ3n) is 3.19. The first-order valence-electron chi connectivity index (χ1n) is 5.85. The van der Waals surface area contributed by atoms with Gasteiger partial charge in [-0.1, -0.05) is 6.92 Å². The molecule has 0 aliphatic carbocycles. The summed E-state index contributed by atoms with van der Waals surface area (Å²) in [5.74, 6) is -0.983. The SMILES string of the molecule is CC1CCCN(c2ccc(C(=O)O)cc2F)C1. The van der Waals surface area contributed by atoms with Crippen LogP contribution in [0.5, 0.6) is 0 Å². The van der Waals surface area contributed by atoms with E-state index in [2.05, 4.69) is 6.92 Å². The third-order valence-corrected chi connectivity index (χ3v) is 3.19. The van der Waals surface area contributed by atoms with E-state index < -0.39 is 11.8 Å². The minimum atomic E-state index is -1.09. The van der Waals surface area contributed by atoms with E-state index in [1.807, 2.05) is 4.90 Å². The van der Waals surface area contributed by atoms with Gasteiger partial charge in [0.2, 0.25) is 0 Å². The number of hydrogen-bond donors (Lipinski definition) is 1. The fraction of sp³-hybridized carbons (Fsp3) is 0.462. The van der Waals surface area contributed by atoms with Gasteiger partial charge in [-0.25, -0.2) is 9.18 Å². The Balaban J connectivity index is 2.23. The highest BCUT2D eigenvalue weighted by Crippen LogP contribution is 2.26. The number of rotatable bonds is 2. The Morgan fingerprint density at radius 2 is 2.29 bits per heavy atom. The lowest BCUT2D eigenvalue weighted by atomic mass is 9.99. The van der Waals surface area contributed by atoms with Crippen molar-refractivity contribution < 1.29 is 14.3 Å². The van der Waals surface area contributed by atoms with Crippen LogP contribution in [-0.2, 0) is 0 Å². The number of carboxylic acid groups (broad SMARTS) is 1. The monoisotopic (exact) mass is 237 g/mol. The van der Waals surface area contributed by atoms with Crippen molar-refractivity contribution in [2.75, 3.05) is 18.0 Å². The predicted octanol–water partition coefficient (Wildman–Crippen LogP) is 2.76. The van der Waals surface area contributed by atoms with Gasteiger partial charge < -0.3 is 10.0 Å². The van der Waals surface area contributed by atoms with Crippen LogP contribution >= 0.6 is 0 Å². The Kier molecular flexibility index (Phi) is 3.31. The Morgan fingerprint density at radius 3 is 2.88 bits per heavy atom. The molecule has 1 unspecified atom stereocenters. The van der Waals surface area contributed by atoms with Crippen molar-refractivity contribution in [1.29, 1.82) is 0 Å². The number of aromatic carboxylic acids is 1. The number of carboxylic acids is 1. The first-order chi connectivity index (χ1) is 8.08. The molecule has 1 aliphatic rings. The van der Waals surface area contributed by atoms with Gasteiger partial charge in [-0.15, -0.1) is 0 Å². The van der Waals surface area contributed by atoms with Gasteiger partial charge in [-0.05, 0) is 37.0 Å². The maximum Gasteiger partial charge on any atom is 0.335 e. The lowest BCUT2D eigenvalue weighted by Gasteiger charge is -2.33. The molecule has 1 aromatic carbocycles. The Hall–Kier alpha value is -1.58. The van der Waals surface area contributed by atoms with Crippen LogP contribution in [0, 0.1) is 11.7 Å². The van der Waals surface area contributed by atoms with Crippen molar-refractivity contribution in [3.63, 3.8) is 0 Å². The average Bonchev–Trinajstić information content (AvgIpc) is 2.28. The molecule has 1 saturated heterocycles. The van der Waals surface area contributed by atoms with Crippen LogP contribution in [0.15, 0.2) is 18.2 Å². The summed E-state index contributed by atoms with van der Waals surface area (Å²) in [4.78, 5) is 12.7. The van der Waals surface area contributed by atoms with Gasteiger partial charge in [0.05, 0.1) is 11.3 Å². The second kappa shape index (κ2) is 4.73. The summed E-state index contributed by atoms with van der Waals surface area (Å²) < 4.78 is 13.8. The summed E-state index contributed by atoms with van der Waals surface area (Å²) in [5, 5.41) is 8.77. The molecule has 0 bridgehead atoms. The fourth-order valence-electron chi connectivity index (χ4n) is 2.30. The van der Waals surface area contributed by atoms with E-state index in [9.17, 15) is 9.18 Å². The highest BCUT2D eigenvalue weighted by atomic mass is 19.1. The molecule has 0 amide bonds. The number of anilines is 1. The molecule has 0 spiro atoms. The van der Waals surface area contributed by atoms with Crippen LogP contribution in [-0.4, -0.2) is 24.2 Å². The molecule has 92 valence electrons. The largest absolute Gasteiger partial charge is 0.478 e. The summed E-state index contributed by atoms with van der Waals surface area (Å²) in [7, 11) is 0. The second-order valence-corrected chi connectivity index (χ2v) is 4.66. The van der Waals surface area contributed by atoms with Gasteiger partial charge in [-0.3, -0.25) is 0 Å². The Morgan fingerprint density at radius 1 is 1.53 bits per heavy atom. The second-order valence-electron chi connectivity index (χ2n) is 4.66. The standard InChI is InChI=1S/C13H16FNO2/c1-9-3-2-6-15(8-9)12-5-4-10(13(16)17)7-11(12)14/h4-5,7,9H,2-3,6,8H2,1H3,(H,16,17). The normalized spacial score (nSPS) is 20.4. The number of benzene rings is 1. The summed E-state index contributed by atoms with van der Waals surface area (Å²) >= 11 is 0. The molecule has 4 heteroatoms. The zero-order valence-corrected chi connectivity index (χ0v) is 9.82. The number of nitrogens with zero attached hydrogens (tertiary/aromatic N) is 1.